The maximum atomic E-state index is 12.2. The van der Waals surface area contributed by atoms with E-state index in [-0.39, 0.29) is 0 Å². The molecule has 0 atom stereocenters. The molecule has 0 spiro atoms. The predicted molar refractivity (Wildman–Crippen MR) is 88.6 cm³/mol. The molecule has 1 heterocycles. The third kappa shape index (κ3) is 3.16. The Bertz CT molecular complexity index is 920. The van der Waals surface area contributed by atoms with Gasteiger partial charge in [0.1, 0.15) is 11.3 Å². The van der Waals surface area contributed by atoms with E-state index < -0.39 is 11.6 Å². The molecule has 2 aromatic carbocycles. The first-order chi connectivity index (χ1) is 11.1. The number of hydrogen-bond donors (Lipinski definition) is 0. The van der Waals surface area contributed by atoms with Gasteiger partial charge in [-0.3, -0.25) is 4.79 Å². The number of carbonyl (C=O) groups is 1. The van der Waals surface area contributed by atoms with Crippen molar-refractivity contribution in [2.75, 3.05) is 0 Å². The second kappa shape index (κ2) is 6.08. The standard InChI is InChI=1S/C19H16O4/c1-3-13-4-6-14(7-5-13)17-10-15-8-9-16(22-12(2)20)11-18(15)23-19(17)21/h4-11H,3H2,1-2H3. The number of carbonyl (C=O) groups excluding carboxylic acids is 1. The lowest BCUT2D eigenvalue weighted by Crippen LogP contribution is -2.04. The maximum absolute atomic E-state index is 12.2. The highest BCUT2D eigenvalue weighted by molar-refractivity contribution is 5.83. The van der Waals surface area contributed by atoms with Crippen LogP contribution in [-0.2, 0) is 11.2 Å². The average Bonchev–Trinajstić information content (AvgIpc) is 2.54. The van der Waals surface area contributed by atoms with Crippen LogP contribution in [0.25, 0.3) is 22.1 Å². The smallest absolute Gasteiger partial charge is 0.344 e. The van der Waals surface area contributed by atoms with Gasteiger partial charge in [-0.25, -0.2) is 4.79 Å². The molecule has 0 fully saturated rings. The molecule has 0 radical (unpaired) electrons. The van der Waals surface area contributed by atoms with Gasteiger partial charge in [-0.2, -0.15) is 0 Å². The summed E-state index contributed by atoms with van der Waals surface area (Å²) in [5.74, 6) is -0.0625. The van der Waals surface area contributed by atoms with E-state index in [1.165, 1.54) is 12.5 Å². The molecule has 3 rings (SSSR count). The van der Waals surface area contributed by atoms with Crippen molar-refractivity contribution < 1.29 is 13.9 Å². The van der Waals surface area contributed by atoms with Crippen LogP contribution < -0.4 is 10.4 Å². The van der Waals surface area contributed by atoms with E-state index in [0.717, 1.165) is 17.4 Å². The van der Waals surface area contributed by atoms with Crippen LogP contribution in [0.4, 0.5) is 0 Å². The number of hydrogen-bond acceptors (Lipinski definition) is 4. The van der Waals surface area contributed by atoms with E-state index in [0.29, 0.717) is 16.9 Å². The first kappa shape index (κ1) is 15.0. The van der Waals surface area contributed by atoms with Crippen molar-refractivity contribution >= 4 is 16.9 Å². The van der Waals surface area contributed by atoms with E-state index in [1.54, 1.807) is 24.3 Å². The lowest BCUT2D eigenvalue weighted by atomic mass is 10.0. The van der Waals surface area contributed by atoms with Crippen LogP contribution in [-0.4, -0.2) is 5.97 Å². The fourth-order valence-electron chi connectivity index (χ4n) is 2.44. The zero-order valence-electron chi connectivity index (χ0n) is 13.0. The summed E-state index contributed by atoms with van der Waals surface area (Å²) in [5, 5.41) is 0.773. The molecule has 4 nitrogen and oxygen atoms in total. The van der Waals surface area contributed by atoms with Crippen molar-refractivity contribution in [1.82, 2.24) is 0 Å². The monoisotopic (exact) mass is 308 g/mol. The summed E-state index contributed by atoms with van der Waals surface area (Å²) in [6, 6.07) is 14.6. The van der Waals surface area contributed by atoms with Gasteiger partial charge in [0.05, 0.1) is 5.56 Å². The second-order valence-electron chi connectivity index (χ2n) is 5.29. The van der Waals surface area contributed by atoms with Gasteiger partial charge >= 0.3 is 11.6 Å². The van der Waals surface area contributed by atoms with Crippen molar-refractivity contribution in [3.63, 3.8) is 0 Å². The minimum atomic E-state index is -0.417. The van der Waals surface area contributed by atoms with Gasteiger partial charge in [-0.05, 0) is 35.7 Å². The molecule has 4 heteroatoms. The number of ether oxygens (including phenoxy) is 1. The Morgan fingerprint density at radius 3 is 2.48 bits per heavy atom. The summed E-state index contributed by atoms with van der Waals surface area (Å²) >= 11 is 0. The van der Waals surface area contributed by atoms with Gasteiger partial charge in [0.25, 0.3) is 0 Å². The number of benzene rings is 2. The molecule has 0 aliphatic heterocycles. The Morgan fingerprint density at radius 1 is 1.09 bits per heavy atom. The summed E-state index contributed by atoms with van der Waals surface area (Å²) in [5.41, 5.74) is 2.52. The third-order valence-corrected chi connectivity index (χ3v) is 3.64. The number of fused-ring (bicyclic) bond motifs is 1. The van der Waals surface area contributed by atoms with Gasteiger partial charge in [0, 0.05) is 18.4 Å². The number of aryl methyl sites for hydroxylation is 1. The first-order valence-corrected chi connectivity index (χ1v) is 7.42. The Kier molecular flexibility index (Phi) is 3.98. The fraction of sp³-hybridized carbons (Fsp3) is 0.158. The van der Waals surface area contributed by atoms with E-state index in [4.69, 9.17) is 9.15 Å². The second-order valence-corrected chi connectivity index (χ2v) is 5.29. The van der Waals surface area contributed by atoms with Crippen LogP contribution in [0.5, 0.6) is 5.75 Å². The SMILES string of the molecule is CCc1ccc(-c2cc3ccc(OC(C)=O)cc3oc2=O)cc1. The molecular weight excluding hydrogens is 292 g/mol. The predicted octanol–water partition coefficient (Wildman–Crippen LogP) is 3.95. The van der Waals surface area contributed by atoms with Gasteiger partial charge in [-0.15, -0.1) is 0 Å². The Morgan fingerprint density at radius 2 is 1.83 bits per heavy atom. The normalized spacial score (nSPS) is 10.7. The zero-order chi connectivity index (χ0) is 16.4. The third-order valence-electron chi connectivity index (χ3n) is 3.64. The summed E-state index contributed by atoms with van der Waals surface area (Å²) in [4.78, 5) is 23.2. The highest BCUT2D eigenvalue weighted by Crippen LogP contribution is 2.24. The molecule has 3 aromatic rings. The van der Waals surface area contributed by atoms with E-state index in [2.05, 4.69) is 6.92 Å². The van der Waals surface area contributed by atoms with Crippen molar-refractivity contribution in [3.05, 3.63) is 64.5 Å². The molecule has 0 amide bonds. The Labute approximate surface area is 133 Å². The summed E-state index contributed by atoms with van der Waals surface area (Å²) < 4.78 is 10.4. The van der Waals surface area contributed by atoms with Crippen molar-refractivity contribution in [1.29, 1.82) is 0 Å². The quantitative estimate of drug-likeness (QED) is 0.418. The molecule has 1 aromatic heterocycles. The minimum absolute atomic E-state index is 0.355. The Balaban J connectivity index is 2.07. The van der Waals surface area contributed by atoms with Crippen LogP contribution in [0.15, 0.2) is 57.7 Å². The van der Waals surface area contributed by atoms with Gasteiger partial charge in [0.2, 0.25) is 0 Å². The lowest BCUT2D eigenvalue weighted by molar-refractivity contribution is -0.131. The molecular formula is C19H16O4. The van der Waals surface area contributed by atoms with Gasteiger partial charge < -0.3 is 9.15 Å². The minimum Gasteiger partial charge on any atom is -0.427 e. The molecule has 0 aliphatic rings. The van der Waals surface area contributed by atoms with E-state index in [9.17, 15) is 9.59 Å². The molecule has 0 unspecified atom stereocenters. The average molecular weight is 308 g/mol. The maximum Gasteiger partial charge on any atom is 0.344 e. The molecule has 0 saturated heterocycles. The molecule has 0 N–H and O–H groups in total. The van der Waals surface area contributed by atoms with E-state index >= 15 is 0 Å². The highest BCUT2D eigenvalue weighted by atomic mass is 16.5. The molecule has 116 valence electrons. The van der Waals surface area contributed by atoms with Crippen LogP contribution in [0, 0.1) is 0 Å². The number of rotatable bonds is 3. The van der Waals surface area contributed by atoms with Crippen molar-refractivity contribution in [2.45, 2.75) is 20.3 Å². The first-order valence-electron chi connectivity index (χ1n) is 7.42. The summed E-state index contributed by atoms with van der Waals surface area (Å²) in [7, 11) is 0. The van der Waals surface area contributed by atoms with E-state index in [1.807, 2.05) is 24.3 Å². The van der Waals surface area contributed by atoms with Crippen LogP contribution in [0.2, 0.25) is 0 Å². The van der Waals surface area contributed by atoms with Crippen LogP contribution >= 0.6 is 0 Å². The molecule has 0 aliphatic carbocycles. The summed E-state index contributed by atoms with van der Waals surface area (Å²) in [6.45, 7) is 3.41. The highest BCUT2D eigenvalue weighted by Gasteiger charge is 2.09. The van der Waals surface area contributed by atoms with Gasteiger partial charge in [-0.1, -0.05) is 31.2 Å². The molecule has 0 bridgehead atoms. The van der Waals surface area contributed by atoms with Crippen molar-refractivity contribution in [2.24, 2.45) is 0 Å². The van der Waals surface area contributed by atoms with Crippen LogP contribution in [0.3, 0.4) is 0 Å². The largest absolute Gasteiger partial charge is 0.427 e. The number of esters is 1. The fourth-order valence-corrected chi connectivity index (χ4v) is 2.44. The summed E-state index contributed by atoms with van der Waals surface area (Å²) in [6.07, 6.45) is 0.950. The molecule has 0 saturated carbocycles. The molecule has 23 heavy (non-hydrogen) atoms. The zero-order valence-corrected chi connectivity index (χ0v) is 13.0. The van der Waals surface area contributed by atoms with Gasteiger partial charge in [0.15, 0.2) is 0 Å². The topological polar surface area (TPSA) is 56.5 Å². The van der Waals surface area contributed by atoms with Crippen molar-refractivity contribution in [3.8, 4) is 16.9 Å². The van der Waals surface area contributed by atoms with Crippen LogP contribution in [0.1, 0.15) is 19.4 Å². The Hall–Kier alpha value is -2.88. The lowest BCUT2D eigenvalue weighted by Gasteiger charge is -2.05.